The zero-order valence-corrected chi connectivity index (χ0v) is 4.83. The fraction of sp³-hybridized carbons (Fsp3) is 0.333. The van der Waals surface area contributed by atoms with E-state index in [0.29, 0.717) is 0 Å². The van der Waals surface area contributed by atoms with Crippen LogP contribution in [0.25, 0.3) is 0 Å². The van der Waals surface area contributed by atoms with Gasteiger partial charge in [0.1, 0.15) is 0 Å². The molecule has 0 bridgehead atoms. The van der Waals surface area contributed by atoms with Crippen molar-refractivity contribution in [2.24, 2.45) is 5.10 Å². The maximum absolute atomic E-state index is 3.98. The Kier molecular flexibility index (Phi) is 1.50. The Hall–Kier alpha value is -1.01. The van der Waals surface area contributed by atoms with E-state index in [2.05, 4.69) is 10.8 Å². The summed E-state index contributed by atoms with van der Waals surface area (Å²) >= 11 is 0. The fourth-order valence-corrected chi connectivity index (χ4v) is 0.497. The molecule has 0 aromatic carbocycles. The van der Waals surface area contributed by atoms with Crippen molar-refractivity contribution in [2.45, 2.75) is 6.92 Å². The van der Waals surface area contributed by atoms with E-state index in [9.17, 15) is 0 Å². The second-order valence-electron chi connectivity index (χ2n) is 1.48. The molecule has 0 radical (unpaired) electrons. The summed E-state index contributed by atoms with van der Waals surface area (Å²) in [5, 5.41) is 5.80. The average molecular weight is 108 g/mol. The highest BCUT2D eigenvalue weighted by molar-refractivity contribution is 5.71. The fourth-order valence-electron chi connectivity index (χ4n) is 0.497. The Balaban J connectivity index is 2.62. The number of hydrazone groups is 1. The van der Waals surface area contributed by atoms with Gasteiger partial charge in [0.15, 0.2) is 0 Å². The monoisotopic (exact) mass is 108 g/mol. The van der Waals surface area contributed by atoms with Crippen LogP contribution >= 0.6 is 0 Å². The molecule has 8 heavy (non-hydrogen) atoms. The summed E-state index contributed by atoms with van der Waals surface area (Å²) in [6.07, 6.45) is 5.33. The molecular weight excluding hydrogens is 100 g/mol. The molecule has 1 heterocycles. The predicted octanol–water partition coefficient (Wildman–Crippen LogP) is 0.976. The largest absolute Gasteiger partial charge is 0.265 e. The Morgan fingerprint density at radius 3 is 3.00 bits per heavy atom. The molecule has 0 spiro atoms. The van der Waals surface area contributed by atoms with Gasteiger partial charge in [0.2, 0.25) is 0 Å². The second kappa shape index (κ2) is 2.34. The molecular formula is C6H8N2. The molecule has 0 aromatic rings. The van der Waals surface area contributed by atoms with E-state index in [1.54, 1.807) is 12.3 Å². The van der Waals surface area contributed by atoms with Crippen LogP contribution in [0.4, 0.5) is 0 Å². The molecule has 1 aliphatic rings. The van der Waals surface area contributed by atoms with E-state index >= 15 is 0 Å². The number of hydrogen-bond acceptors (Lipinski definition) is 2. The highest BCUT2D eigenvalue weighted by Crippen LogP contribution is 1.90. The Labute approximate surface area is 48.8 Å². The lowest BCUT2D eigenvalue weighted by Crippen LogP contribution is -2.08. The van der Waals surface area contributed by atoms with Gasteiger partial charge >= 0.3 is 0 Å². The van der Waals surface area contributed by atoms with Crippen LogP contribution in [-0.4, -0.2) is 17.8 Å². The van der Waals surface area contributed by atoms with Gasteiger partial charge in [0, 0.05) is 12.6 Å². The highest BCUT2D eigenvalue weighted by Gasteiger charge is 1.87. The van der Waals surface area contributed by atoms with Crippen LogP contribution in [0.15, 0.2) is 23.1 Å². The molecule has 2 nitrogen and oxygen atoms in total. The smallest absolute Gasteiger partial charge is 0.0651 e. The first kappa shape index (κ1) is 5.13. The summed E-state index contributed by atoms with van der Waals surface area (Å²) in [5.41, 5.74) is 2.91. The molecule has 0 aliphatic carbocycles. The van der Waals surface area contributed by atoms with Gasteiger partial charge in [0.25, 0.3) is 0 Å². The summed E-state index contributed by atoms with van der Waals surface area (Å²) < 4.78 is 0. The summed E-state index contributed by atoms with van der Waals surface area (Å²) in [6, 6.07) is 0. The van der Waals surface area contributed by atoms with Gasteiger partial charge in [-0.25, -0.2) is 0 Å². The summed E-state index contributed by atoms with van der Waals surface area (Å²) in [4.78, 5) is 0. The van der Waals surface area contributed by atoms with Gasteiger partial charge in [0.05, 0.1) is 12.4 Å². The lowest BCUT2D eigenvalue weighted by atomic mass is 10.6. The van der Waals surface area contributed by atoms with E-state index < -0.39 is 0 Å². The number of allylic oxidation sites excluding steroid dienone is 1. The van der Waals surface area contributed by atoms with Crippen LogP contribution in [0, 0.1) is 0 Å². The molecule has 0 N–H and O–H groups in total. The Morgan fingerprint density at radius 2 is 2.62 bits per heavy atom. The van der Waals surface area contributed by atoms with Crippen molar-refractivity contribution in [1.82, 2.24) is 5.01 Å². The van der Waals surface area contributed by atoms with Gasteiger partial charge in [-0.15, -0.1) is 0 Å². The Bertz CT molecular complexity index is 152. The zero-order chi connectivity index (χ0) is 5.82. The van der Waals surface area contributed by atoms with Crippen molar-refractivity contribution in [1.29, 1.82) is 0 Å². The molecule has 0 aromatic heterocycles. The minimum absolute atomic E-state index is 0.914. The first-order valence-corrected chi connectivity index (χ1v) is 2.65. The highest BCUT2D eigenvalue weighted by atomic mass is 15.4. The number of hydrogen-bond donors (Lipinski definition) is 0. The van der Waals surface area contributed by atoms with Gasteiger partial charge in [-0.1, -0.05) is 5.73 Å². The molecule has 0 saturated carbocycles. The van der Waals surface area contributed by atoms with Crippen molar-refractivity contribution in [3.63, 3.8) is 0 Å². The second-order valence-corrected chi connectivity index (χ2v) is 1.48. The molecule has 0 amide bonds. The first-order chi connectivity index (χ1) is 3.93. The molecule has 1 aliphatic heterocycles. The van der Waals surface area contributed by atoms with E-state index in [4.69, 9.17) is 0 Å². The van der Waals surface area contributed by atoms with E-state index in [0.717, 1.165) is 6.54 Å². The third kappa shape index (κ3) is 0.983. The minimum Gasteiger partial charge on any atom is -0.265 e. The lowest BCUT2D eigenvalue weighted by molar-refractivity contribution is 0.423. The molecule has 1 rings (SSSR count). The average Bonchev–Trinajstić information content (AvgIpc) is 1.90. The lowest BCUT2D eigenvalue weighted by Gasteiger charge is -2.09. The van der Waals surface area contributed by atoms with Crippen LogP contribution < -0.4 is 0 Å². The SMILES string of the molecule is CCN1C=C=CC=N1. The van der Waals surface area contributed by atoms with Crippen molar-refractivity contribution in [2.75, 3.05) is 6.54 Å². The van der Waals surface area contributed by atoms with Crippen molar-refractivity contribution < 1.29 is 0 Å². The molecule has 0 atom stereocenters. The third-order valence-electron chi connectivity index (χ3n) is 0.933. The first-order valence-electron chi connectivity index (χ1n) is 2.65. The van der Waals surface area contributed by atoms with Gasteiger partial charge in [-0.2, -0.15) is 5.10 Å². The van der Waals surface area contributed by atoms with Crippen molar-refractivity contribution in [3.8, 4) is 0 Å². The van der Waals surface area contributed by atoms with Crippen LogP contribution in [0.3, 0.4) is 0 Å². The molecule has 2 heteroatoms. The van der Waals surface area contributed by atoms with Crippen molar-refractivity contribution in [3.05, 3.63) is 18.0 Å². The summed E-state index contributed by atoms with van der Waals surface area (Å²) in [6.45, 7) is 2.96. The minimum atomic E-state index is 0.914. The standard InChI is InChI=1S/C6H8N2/c1-2-8-6-4-3-5-7-8/h3,5-6H,2H2,1H3. The van der Waals surface area contributed by atoms with Gasteiger partial charge in [-0.05, 0) is 6.92 Å². The maximum Gasteiger partial charge on any atom is 0.0651 e. The summed E-state index contributed by atoms with van der Waals surface area (Å²) in [5.74, 6) is 0. The van der Waals surface area contributed by atoms with Crippen LogP contribution in [0.5, 0.6) is 0 Å². The summed E-state index contributed by atoms with van der Waals surface area (Å²) in [7, 11) is 0. The van der Waals surface area contributed by atoms with E-state index in [-0.39, 0.29) is 0 Å². The zero-order valence-electron chi connectivity index (χ0n) is 4.83. The van der Waals surface area contributed by atoms with E-state index in [1.807, 2.05) is 18.1 Å². The quantitative estimate of drug-likeness (QED) is 0.457. The van der Waals surface area contributed by atoms with Crippen molar-refractivity contribution >= 4 is 6.21 Å². The number of nitrogens with zero attached hydrogens (tertiary/aromatic N) is 2. The predicted molar refractivity (Wildman–Crippen MR) is 33.5 cm³/mol. The van der Waals surface area contributed by atoms with Crippen LogP contribution in [0.1, 0.15) is 6.92 Å². The molecule has 0 saturated heterocycles. The Morgan fingerprint density at radius 1 is 1.75 bits per heavy atom. The normalized spacial score (nSPS) is 15.4. The van der Waals surface area contributed by atoms with Gasteiger partial charge < -0.3 is 0 Å². The maximum atomic E-state index is 3.98. The van der Waals surface area contributed by atoms with E-state index in [1.165, 1.54) is 0 Å². The molecule has 0 unspecified atom stereocenters. The third-order valence-corrected chi connectivity index (χ3v) is 0.933. The van der Waals surface area contributed by atoms with Gasteiger partial charge in [-0.3, -0.25) is 5.01 Å². The van der Waals surface area contributed by atoms with Crippen LogP contribution in [-0.2, 0) is 0 Å². The van der Waals surface area contributed by atoms with Crippen LogP contribution in [0.2, 0.25) is 0 Å². The topological polar surface area (TPSA) is 15.6 Å². The molecule has 42 valence electrons. The molecule has 0 fully saturated rings. The number of rotatable bonds is 1.